The van der Waals surface area contributed by atoms with Crippen molar-refractivity contribution >= 4 is 12.3 Å². The standard InChI is InChI=1S/C36H56O11/c1-19-8-13-35(30(44)47-29-27(43)26(42)25(41)21(16-37)46-29)15-14-32(3)20(28(35)34(19,5)45)6-7-22-31(2)11-10-24(40)36(17-38,18-39)23(31)9-12-33(22,32)4/h6,17,19,21-29,37,39-43,45H,7-16,18H2,1-5H3/t19-,21-,22-,23?,24+,25-,26+,27-,28+,29+,31-,32-,33-,34-,35+,36-/m1/s1. The Kier molecular flexibility index (Phi) is 8.70. The lowest BCUT2D eigenvalue weighted by atomic mass is 9.33. The van der Waals surface area contributed by atoms with Crippen LogP contribution in [0.5, 0.6) is 0 Å². The van der Waals surface area contributed by atoms with Gasteiger partial charge >= 0.3 is 5.97 Å². The molecule has 1 aliphatic heterocycles. The summed E-state index contributed by atoms with van der Waals surface area (Å²) in [5.41, 5.74) is -3.57. The molecule has 0 aromatic heterocycles. The number of hydrogen-bond acceptors (Lipinski definition) is 11. The number of aliphatic hydroxyl groups is 7. The van der Waals surface area contributed by atoms with Crippen molar-refractivity contribution in [2.24, 2.45) is 50.7 Å². The van der Waals surface area contributed by atoms with Gasteiger partial charge in [-0.2, -0.15) is 0 Å². The van der Waals surface area contributed by atoms with E-state index in [1.165, 1.54) is 0 Å². The predicted octanol–water partition coefficient (Wildman–Crippen LogP) is 1.61. The van der Waals surface area contributed by atoms with Gasteiger partial charge < -0.3 is 50.0 Å². The maximum atomic E-state index is 14.5. The summed E-state index contributed by atoms with van der Waals surface area (Å²) in [6.07, 6.45) is -0.313. The molecular formula is C36H56O11. The average Bonchev–Trinajstić information content (AvgIpc) is 3.03. The highest BCUT2D eigenvalue weighted by molar-refractivity contribution is 5.79. The van der Waals surface area contributed by atoms with Crippen LogP contribution in [0.2, 0.25) is 0 Å². The number of carbonyl (C=O) groups excluding carboxylic acids is 2. The second-order valence-electron chi connectivity index (χ2n) is 17.1. The highest BCUT2D eigenvalue weighted by Crippen LogP contribution is 2.76. The molecule has 1 saturated heterocycles. The van der Waals surface area contributed by atoms with Crippen LogP contribution in [0.25, 0.3) is 0 Å². The van der Waals surface area contributed by atoms with E-state index in [1.807, 2.05) is 6.92 Å². The highest BCUT2D eigenvalue weighted by Gasteiger charge is 2.72. The zero-order valence-electron chi connectivity index (χ0n) is 28.5. The van der Waals surface area contributed by atoms with Crippen LogP contribution in [0, 0.1) is 50.7 Å². The number of esters is 1. The van der Waals surface area contributed by atoms with Gasteiger partial charge in [0.1, 0.15) is 30.7 Å². The van der Waals surface area contributed by atoms with Gasteiger partial charge in [0, 0.05) is 5.92 Å². The van der Waals surface area contributed by atoms with E-state index in [4.69, 9.17) is 9.47 Å². The fourth-order valence-electron chi connectivity index (χ4n) is 12.2. The summed E-state index contributed by atoms with van der Waals surface area (Å²) in [4.78, 5) is 27.0. The molecule has 5 aliphatic carbocycles. The van der Waals surface area contributed by atoms with Crippen LogP contribution >= 0.6 is 0 Å². The molecule has 5 fully saturated rings. The van der Waals surface area contributed by atoms with Crippen LogP contribution in [0.3, 0.4) is 0 Å². The van der Waals surface area contributed by atoms with Crippen LogP contribution in [-0.2, 0) is 19.1 Å². The van der Waals surface area contributed by atoms with E-state index in [0.717, 1.165) is 24.7 Å². The molecule has 11 heteroatoms. The molecule has 16 atom stereocenters. The molecule has 0 aromatic rings. The lowest BCUT2D eigenvalue weighted by Crippen LogP contribution is -2.69. The van der Waals surface area contributed by atoms with E-state index >= 15 is 0 Å². The first-order valence-corrected chi connectivity index (χ1v) is 17.6. The molecule has 6 rings (SSSR count). The predicted molar refractivity (Wildman–Crippen MR) is 168 cm³/mol. The van der Waals surface area contributed by atoms with Crippen molar-refractivity contribution in [1.82, 2.24) is 0 Å². The van der Waals surface area contributed by atoms with Crippen molar-refractivity contribution in [3.8, 4) is 0 Å². The van der Waals surface area contributed by atoms with E-state index in [1.54, 1.807) is 6.92 Å². The van der Waals surface area contributed by atoms with Crippen LogP contribution in [0.1, 0.15) is 92.4 Å². The molecule has 6 aliphatic rings. The van der Waals surface area contributed by atoms with Crippen molar-refractivity contribution in [2.75, 3.05) is 13.2 Å². The number of rotatable bonds is 5. The Morgan fingerprint density at radius 1 is 0.936 bits per heavy atom. The van der Waals surface area contributed by atoms with Gasteiger partial charge in [-0.15, -0.1) is 0 Å². The molecule has 0 bridgehead atoms. The minimum atomic E-state index is -1.72. The summed E-state index contributed by atoms with van der Waals surface area (Å²) in [5.74, 6) is -1.39. The van der Waals surface area contributed by atoms with Crippen molar-refractivity contribution in [1.29, 1.82) is 0 Å². The molecule has 266 valence electrons. The maximum Gasteiger partial charge on any atom is 0.315 e. The third kappa shape index (κ3) is 4.52. The van der Waals surface area contributed by atoms with Gasteiger partial charge in [0.15, 0.2) is 0 Å². The van der Waals surface area contributed by atoms with Gasteiger partial charge in [0.25, 0.3) is 0 Å². The van der Waals surface area contributed by atoms with Gasteiger partial charge in [0.2, 0.25) is 6.29 Å². The molecule has 0 spiro atoms. The molecular weight excluding hydrogens is 608 g/mol. The Balaban J connectivity index is 1.39. The molecule has 0 radical (unpaired) electrons. The summed E-state index contributed by atoms with van der Waals surface area (Å²) in [5, 5.41) is 74.9. The lowest BCUT2D eigenvalue weighted by molar-refractivity contribution is -0.299. The first-order chi connectivity index (χ1) is 21.9. The van der Waals surface area contributed by atoms with Crippen molar-refractivity contribution in [2.45, 2.75) is 135 Å². The van der Waals surface area contributed by atoms with E-state index in [9.17, 15) is 45.3 Å². The number of aldehydes is 1. The highest BCUT2D eigenvalue weighted by atomic mass is 16.7. The molecule has 4 saturated carbocycles. The summed E-state index contributed by atoms with van der Waals surface area (Å²) >= 11 is 0. The largest absolute Gasteiger partial charge is 0.432 e. The topological polar surface area (TPSA) is 194 Å². The van der Waals surface area contributed by atoms with E-state index in [0.29, 0.717) is 44.9 Å². The molecule has 1 unspecified atom stereocenters. The summed E-state index contributed by atoms with van der Waals surface area (Å²) in [6, 6.07) is 0. The monoisotopic (exact) mass is 664 g/mol. The van der Waals surface area contributed by atoms with Gasteiger partial charge in [-0.3, -0.25) is 4.79 Å². The second kappa shape index (κ2) is 11.5. The zero-order valence-corrected chi connectivity index (χ0v) is 28.5. The number of ether oxygens (including phenoxy) is 2. The number of hydrogen-bond donors (Lipinski definition) is 7. The molecule has 11 nitrogen and oxygen atoms in total. The molecule has 0 amide bonds. The third-order valence-electron chi connectivity index (χ3n) is 15.5. The first-order valence-electron chi connectivity index (χ1n) is 17.6. The number of fused-ring (bicyclic) bond motifs is 7. The van der Waals surface area contributed by atoms with Crippen molar-refractivity contribution < 1.29 is 54.8 Å². The fraction of sp³-hybridized carbons (Fsp3) is 0.889. The average molecular weight is 665 g/mol. The van der Waals surface area contributed by atoms with E-state index in [-0.39, 0.29) is 35.2 Å². The van der Waals surface area contributed by atoms with Gasteiger partial charge in [-0.25, -0.2) is 0 Å². The minimum absolute atomic E-state index is 0.125. The lowest BCUT2D eigenvalue weighted by Gasteiger charge is -2.71. The van der Waals surface area contributed by atoms with Gasteiger partial charge in [0.05, 0.1) is 35.7 Å². The Labute approximate surface area is 277 Å². The number of allylic oxidation sites excluding steroid dienone is 1. The van der Waals surface area contributed by atoms with E-state index in [2.05, 4.69) is 26.8 Å². The number of carbonyl (C=O) groups is 2. The van der Waals surface area contributed by atoms with Crippen LogP contribution in [-0.4, -0.2) is 104 Å². The fourth-order valence-corrected chi connectivity index (χ4v) is 12.2. The third-order valence-corrected chi connectivity index (χ3v) is 15.5. The Bertz CT molecular complexity index is 1280. The SMILES string of the molecule is C[C@@H]1CC[C@]2(C(=O)O[C@@H]3O[C@H](CO)[C@@H](O)[C@H](O)[C@H]3O)CC[C@]3(C)C(=CC[C@@H]4[C@@]5(C)CC[C@H](O)[C@](C=O)(CO)C5CC[C@]43C)[C@H]2[C@]1(C)O. The van der Waals surface area contributed by atoms with Crippen LogP contribution < -0.4 is 0 Å². The Hall–Kier alpha value is -1.44. The smallest absolute Gasteiger partial charge is 0.315 e. The Morgan fingerprint density at radius 3 is 2.28 bits per heavy atom. The molecule has 7 N–H and O–H groups in total. The van der Waals surface area contributed by atoms with Crippen LogP contribution in [0.4, 0.5) is 0 Å². The molecule has 47 heavy (non-hydrogen) atoms. The van der Waals surface area contributed by atoms with Crippen molar-refractivity contribution in [3.63, 3.8) is 0 Å². The van der Waals surface area contributed by atoms with E-state index < -0.39 is 77.1 Å². The maximum absolute atomic E-state index is 14.5. The normalized spacial score (nSPS) is 55.8. The van der Waals surface area contributed by atoms with Crippen molar-refractivity contribution in [3.05, 3.63) is 11.6 Å². The van der Waals surface area contributed by atoms with Crippen LogP contribution in [0.15, 0.2) is 11.6 Å². The first kappa shape index (κ1) is 35.4. The summed E-state index contributed by atoms with van der Waals surface area (Å²) < 4.78 is 11.4. The molecule has 1 heterocycles. The van der Waals surface area contributed by atoms with Gasteiger partial charge in [-0.05, 0) is 98.7 Å². The molecule has 0 aromatic carbocycles. The quantitative estimate of drug-likeness (QED) is 0.128. The van der Waals surface area contributed by atoms with Gasteiger partial charge in [-0.1, -0.05) is 39.3 Å². The summed E-state index contributed by atoms with van der Waals surface area (Å²) in [7, 11) is 0. The second-order valence-corrected chi connectivity index (χ2v) is 17.1. The minimum Gasteiger partial charge on any atom is -0.432 e. The summed E-state index contributed by atoms with van der Waals surface area (Å²) in [6.45, 7) is 9.58. The zero-order chi connectivity index (χ0) is 34.5. The number of aliphatic hydroxyl groups excluding tert-OH is 6. The Morgan fingerprint density at radius 2 is 1.64 bits per heavy atom.